The van der Waals surface area contributed by atoms with Crippen LogP contribution in [0.15, 0.2) is 97.1 Å². The van der Waals surface area contributed by atoms with E-state index >= 15 is 0 Å². The lowest BCUT2D eigenvalue weighted by atomic mass is 9.88. The molecule has 48 heavy (non-hydrogen) atoms. The van der Waals surface area contributed by atoms with Crippen LogP contribution in [0, 0.1) is 0 Å². The van der Waals surface area contributed by atoms with Crippen LogP contribution >= 0.6 is 0 Å². The number of nitrogens with one attached hydrogen (secondary N) is 1. The van der Waals surface area contributed by atoms with Gasteiger partial charge in [-0.05, 0) is 83.3 Å². The van der Waals surface area contributed by atoms with Gasteiger partial charge in [-0.3, -0.25) is 4.79 Å². The van der Waals surface area contributed by atoms with Crippen molar-refractivity contribution in [1.29, 1.82) is 0 Å². The molecule has 1 fully saturated rings. The van der Waals surface area contributed by atoms with E-state index in [0.717, 1.165) is 47.3 Å². The highest BCUT2D eigenvalue weighted by Crippen LogP contribution is 2.28. The summed E-state index contributed by atoms with van der Waals surface area (Å²) in [7, 11) is 0. The third-order valence-electron chi connectivity index (χ3n) is 9.07. The first-order valence-corrected chi connectivity index (χ1v) is 17.0. The van der Waals surface area contributed by atoms with Gasteiger partial charge in [-0.2, -0.15) is 0 Å². The van der Waals surface area contributed by atoms with Gasteiger partial charge in [0.05, 0.1) is 32.5 Å². The number of fused-ring (bicyclic) bond motifs is 1. The molecule has 8 heteroatoms. The topological polar surface area (TPSA) is 89.5 Å². The average molecular weight is 651 g/mol. The summed E-state index contributed by atoms with van der Waals surface area (Å²) < 4.78 is 23.5. The van der Waals surface area contributed by atoms with Crippen LogP contribution in [0.1, 0.15) is 45.9 Å². The number of rotatable bonds is 15. The SMILES string of the molecule is O=C(COc1ccc2c(c1)C[C@@H](NC[C@H](O)c1ccc(OCc3ccccc3)c(CCOCc3ccccc3)c1)CC2)N1CCOCC1. The van der Waals surface area contributed by atoms with Gasteiger partial charge in [0.25, 0.3) is 5.91 Å². The second-order valence-corrected chi connectivity index (χ2v) is 12.5. The molecule has 2 atom stereocenters. The van der Waals surface area contributed by atoms with Crippen molar-refractivity contribution in [1.82, 2.24) is 10.2 Å². The fraction of sp³-hybridized carbons (Fsp3) is 0.375. The molecule has 252 valence electrons. The number of morpholine rings is 1. The Balaban J connectivity index is 1.03. The zero-order valence-corrected chi connectivity index (χ0v) is 27.5. The first-order chi connectivity index (χ1) is 23.6. The average Bonchev–Trinajstić information content (AvgIpc) is 3.15. The molecular formula is C40H46N2O6. The van der Waals surface area contributed by atoms with Gasteiger partial charge in [0, 0.05) is 25.7 Å². The van der Waals surface area contributed by atoms with Crippen LogP contribution in [0.2, 0.25) is 0 Å². The summed E-state index contributed by atoms with van der Waals surface area (Å²) >= 11 is 0. The molecule has 1 heterocycles. The number of aliphatic hydroxyl groups excluding tert-OH is 1. The Bertz CT molecular complexity index is 1590. The van der Waals surface area contributed by atoms with Gasteiger partial charge >= 0.3 is 0 Å². The number of aliphatic hydroxyl groups is 1. The minimum atomic E-state index is -0.667. The maximum Gasteiger partial charge on any atom is 0.260 e. The minimum Gasteiger partial charge on any atom is -0.489 e. The Morgan fingerprint density at radius 1 is 0.875 bits per heavy atom. The first-order valence-electron chi connectivity index (χ1n) is 17.0. The van der Waals surface area contributed by atoms with Crippen molar-refractivity contribution in [3.63, 3.8) is 0 Å². The number of hydrogen-bond donors (Lipinski definition) is 2. The summed E-state index contributed by atoms with van der Waals surface area (Å²) in [5, 5.41) is 14.9. The lowest BCUT2D eigenvalue weighted by Crippen LogP contribution is -2.43. The van der Waals surface area contributed by atoms with Crippen molar-refractivity contribution >= 4 is 5.91 Å². The van der Waals surface area contributed by atoms with Crippen LogP contribution in [-0.4, -0.2) is 68.0 Å². The van der Waals surface area contributed by atoms with E-state index in [9.17, 15) is 9.90 Å². The molecule has 1 amide bonds. The highest BCUT2D eigenvalue weighted by Gasteiger charge is 2.22. The van der Waals surface area contributed by atoms with E-state index in [4.69, 9.17) is 18.9 Å². The highest BCUT2D eigenvalue weighted by atomic mass is 16.5. The van der Waals surface area contributed by atoms with Crippen LogP contribution in [0.3, 0.4) is 0 Å². The molecule has 1 aliphatic carbocycles. The second-order valence-electron chi connectivity index (χ2n) is 12.5. The van der Waals surface area contributed by atoms with E-state index in [1.54, 1.807) is 4.90 Å². The van der Waals surface area contributed by atoms with Crippen molar-refractivity contribution in [2.75, 3.05) is 46.1 Å². The monoisotopic (exact) mass is 650 g/mol. The molecule has 4 aromatic rings. The van der Waals surface area contributed by atoms with Gasteiger partial charge in [0.15, 0.2) is 6.61 Å². The molecule has 0 saturated carbocycles. The molecule has 0 unspecified atom stereocenters. The van der Waals surface area contributed by atoms with Crippen LogP contribution in [0.25, 0.3) is 0 Å². The molecule has 1 saturated heterocycles. The molecule has 0 aromatic heterocycles. The van der Waals surface area contributed by atoms with Crippen LogP contribution in [-0.2, 0) is 46.7 Å². The van der Waals surface area contributed by atoms with Crippen LogP contribution in [0.5, 0.6) is 11.5 Å². The van der Waals surface area contributed by atoms with Crippen molar-refractivity contribution in [2.45, 2.75) is 51.0 Å². The fourth-order valence-electron chi connectivity index (χ4n) is 6.27. The number of ether oxygens (including phenoxy) is 4. The summed E-state index contributed by atoms with van der Waals surface area (Å²) in [5.74, 6) is 1.51. The van der Waals surface area contributed by atoms with Gasteiger partial charge in [-0.25, -0.2) is 0 Å². The molecular weight excluding hydrogens is 604 g/mol. The lowest BCUT2D eigenvalue weighted by Gasteiger charge is -2.28. The number of hydrogen-bond acceptors (Lipinski definition) is 7. The number of carbonyl (C=O) groups is 1. The predicted molar refractivity (Wildman–Crippen MR) is 185 cm³/mol. The summed E-state index contributed by atoms with van der Waals surface area (Å²) in [6.07, 6.45) is 2.79. The third-order valence-corrected chi connectivity index (χ3v) is 9.07. The number of carbonyl (C=O) groups excluding carboxylic acids is 1. The normalized spacial score (nSPS) is 16.6. The zero-order chi connectivity index (χ0) is 33.0. The van der Waals surface area contributed by atoms with Crippen molar-refractivity contribution < 1.29 is 28.8 Å². The Hall–Kier alpha value is -4.21. The van der Waals surface area contributed by atoms with Crippen LogP contribution < -0.4 is 14.8 Å². The van der Waals surface area contributed by atoms with Gasteiger partial charge < -0.3 is 34.3 Å². The maximum absolute atomic E-state index is 12.5. The molecule has 4 aromatic carbocycles. The van der Waals surface area contributed by atoms with Gasteiger partial charge in [0.2, 0.25) is 0 Å². The Labute approximate surface area is 283 Å². The molecule has 0 radical (unpaired) electrons. The summed E-state index contributed by atoms with van der Waals surface area (Å²) in [4.78, 5) is 14.3. The molecule has 2 aliphatic rings. The number of benzene rings is 4. The Morgan fingerprint density at radius 3 is 2.40 bits per heavy atom. The largest absolute Gasteiger partial charge is 0.489 e. The molecule has 6 rings (SSSR count). The van der Waals surface area contributed by atoms with Gasteiger partial charge in [-0.15, -0.1) is 0 Å². The lowest BCUT2D eigenvalue weighted by molar-refractivity contribution is -0.137. The number of aryl methyl sites for hydroxylation is 1. The molecule has 2 N–H and O–H groups in total. The third kappa shape index (κ3) is 9.67. The number of nitrogens with zero attached hydrogens (tertiary/aromatic N) is 1. The van der Waals surface area contributed by atoms with Crippen molar-refractivity contribution in [3.05, 3.63) is 130 Å². The zero-order valence-electron chi connectivity index (χ0n) is 27.5. The predicted octanol–water partition coefficient (Wildman–Crippen LogP) is 5.44. The number of amides is 1. The highest BCUT2D eigenvalue weighted by molar-refractivity contribution is 5.77. The Kier molecular flexibility index (Phi) is 12.1. The standard InChI is InChI=1S/C40H46N2O6/c43-38(26-41-36-14-11-32-12-15-37(25-35(32)24-36)47-29-40(44)42-18-21-45-22-19-42)33-13-16-39(48-28-31-9-5-2-6-10-31)34(23-33)17-20-46-27-30-7-3-1-4-8-30/h1-10,12-13,15-16,23,25,36,38,41,43H,11,14,17-22,24,26-29H2/t36-,38-/m0/s1. The van der Waals surface area contributed by atoms with E-state index in [1.165, 1.54) is 11.1 Å². The molecule has 0 bridgehead atoms. The Morgan fingerprint density at radius 2 is 1.62 bits per heavy atom. The van der Waals surface area contributed by atoms with Crippen LogP contribution in [0.4, 0.5) is 0 Å². The summed E-state index contributed by atoms with van der Waals surface area (Å²) in [5.41, 5.74) is 6.65. The smallest absolute Gasteiger partial charge is 0.260 e. The van der Waals surface area contributed by atoms with Gasteiger partial charge in [-0.1, -0.05) is 72.8 Å². The van der Waals surface area contributed by atoms with Crippen molar-refractivity contribution in [2.24, 2.45) is 0 Å². The van der Waals surface area contributed by atoms with E-state index < -0.39 is 6.10 Å². The molecule has 1 aliphatic heterocycles. The second kappa shape index (κ2) is 17.3. The minimum absolute atomic E-state index is 0.0109. The maximum atomic E-state index is 12.5. The van der Waals surface area contributed by atoms with E-state index in [-0.39, 0.29) is 18.6 Å². The first kappa shape index (κ1) is 33.7. The van der Waals surface area contributed by atoms with Crippen molar-refractivity contribution in [3.8, 4) is 11.5 Å². The van der Waals surface area contributed by atoms with E-state index in [1.807, 2.05) is 54.6 Å². The molecule has 8 nitrogen and oxygen atoms in total. The summed E-state index contributed by atoms with van der Waals surface area (Å²) in [6.45, 7) is 4.43. The van der Waals surface area contributed by atoms with E-state index in [0.29, 0.717) is 64.8 Å². The fourth-order valence-corrected chi connectivity index (χ4v) is 6.27. The van der Waals surface area contributed by atoms with E-state index in [2.05, 4.69) is 47.8 Å². The molecule has 0 spiro atoms. The quantitative estimate of drug-likeness (QED) is 0.166. The van der Waals surface area contributed by atoms with Gasteiger partial charge in [0.1, 0.15) is 18.1 Å². The summed E-state index contributed by atoms with van der Waals surface area (Å²) in [6, 6.07) is 32.6.